The van der Waals surface area contributed by atoms with Crippen molar-refractivity contribution in [2.45, 2.75) is 34.1 Å². The molecular formula is C19H26N2O. The third-order valence-corrected chi connectivity index (χ3v) is 3.93. The molecular weight excluding hydrogens is 272 g/mol. The van der Waals surface area contributed by atoms with Gasteiger partial charge >= 0.3 is 0 Å². The first kappa shape index (κ1) is 16.5. The first-order valence-corrected chi connectivity index (χ1v) is 7.99. The van der Waals surface area contributed by atoms with Crippen LogP contribution in [0.15, 0.2) is 36.4 Å². The van der Waals surface area contributed by atoms with Crippen LogP contribution in [0.3, 0.4) is 0 Å². The Balaban J connectivity index is 2.11. The Morgan fingerprint density at radius 2 is 1.86 bits per heavy atom. The SMILES string of the molecule is Cc1cc(C(=O)CNCCC(C)C)c(C)n1-c1ccccc1. The van der Waals surface area contributed by atoms with Crippen LogP contribution in [0.1, 0.15) is 42.0 Å². The van der Waals surface area contributed by atoms with Crippen LogP contribution in [-0.2, 0) is 0 Å². The summed E-state index contributed by atoms with van der Waals surface area (Å²) in [7, 11) is 0. The van der Waals surface area contributed by atoms with E-state index in [0.717, 1.165) is 35.6 Å². The minimum absolute atomic E-state index is 0.166. The molecule has 0 aliphatic heterocycles. The van der Waals surface area contributed by atoms with Gasteiger partial charge in [-0.25, -0.2) is 0 Å². The standard InChI is InChI=1S/C19H26N2O/c1-14(2)10-11-20-13-19(22)18-12-15(3)21(16(18)4)17-8-6-5-7-9-17/h5-9,12,14,20H,10-11,13H2,1-4H3. The Labute approximate surface area is 133 Å². The van der Waals surface area contributed by atoms with Gasteiger partial charge in [0.15, 0.2) is 5.78 Å². The second-order valence-electron chi connectivity index (χ2n) is 6.24. The number of nitrogens with zero attached hydrogens (tertiary/aromatic N) is 1. The molecule has 0 unspecified atom stereocenters. The van der Waals surface area contributed by atoms with Gasteiger partial charge in [0.2, 0.25) is 0 Å². The van der Waals surface area contributed by atoms with E-state index >= 15 is 0 Å². The first-order valence-electron chi connectivity index (χ1n) is 7.99. The fourth-order valence-corrected chi connectivity index (χ4v) is 2.71. The molecule has 0 amide bonds. The molecule has 0 radical (unpaired) electrons. The van der Waals surface area contributed by atoms with Crippen molar-refractivity contribution in [1.82, 2.24) is 9.88 Å². The number of benzene rings is 1. The van der Waals surface area contributed by atoms with Crippen molar-refractivity contribution in [3.63, 3.8) is 0 Å². The summed E-state index contributed by atoms with van der Waals surface area (Å²) >= 11 is 0. The van der Waals surface area contributed by atoms with Crippen LogP contribution < -0.4 is 5.32 Å². The van der Waals surface area contributed by atoms with Gasteiger partial charge in [0, 0.05) is 22.6 Å². The predicted molar refractivity (Wildman–Crippen MR) is 91.9 cm³/mol. The molecule has 1 aromatic heterocycles. The van der Waals surface area contributed by atoms with E-state index in [4.69, 9.17) is 0 Å². The van der Waals surface area contributed by atoms with E-state index in [9.17, 15) is 4.79 Å². The largest absolute Gasteiger partial charge is 0.318 e. The Morgan fingerprint density at radius 1 is 1.18 bits per heavy atom. The Morgan fingerprint density at radius 3 is 2.50 bits per heavy atom. The van der Waals surface area contributed by atoms with Crippen molar-refractivity contribution >= 4 is 5.78 Å². The fourth-order valence-electron chi connectivity index (χ4n) is 2.71. The second kappa shape index (κ2) is 7.41. The van der Waals surface area contributed by atoms with Crippen molar-refractivity contribution in [2.24, 2.45) is 5.92 Å². The summed E-state index contributed by atoms with van der Waals surface area (Å²) in [5.41, 5.74) is 4.02. The van der Waals surface area contributed by atoms with Gasteiger partial charge in [-0.1, -0.05) is 32.0 Å². The highest BCUT2D eigenvalue weighted by molar-refractivity contribution is 5.99. The molecule has 0 saturated carbocycles. The molecule has 0 fully saturated rings. The molecule has 0 spiro atoms. The molecule has 2 rings (SSSR count). The minimum atomic E-state index is 0.166. The Bertz CT molecular complexity index is 626. The molecule has 3 heteroatoms. The van der Waals surface area contributed by atoms with Gasteiger partial charge in [0.25, 0.3) is 0 Å². The number of Topliss-reactive ketones (excluding diaryl/α,β-unsaturated/α-hetero) is 1. The van der Waals surface area contributed by atoms with Crippen LogP contribution >= 0.6 is 0 Å². The smallest absolute Gasteiger partial charge is 0.178 e. The van der Waals surface area contributed by atoms with Crippen molar-refractivity contribution in [1.29, 1.82) is 0 Å². The third kappa shape index (κ3) is 3.86. The van der Waals surface area contributed by atoms with Crippen LogP contribution in [0, 0.1) is 19.8 Å². The lowest BCUT2D eigenvalue weighted by atomic mass is 10.1. The Kier molecular flexibility index (Phi) is 5.56. The number of aromatic nitrogens is 1. The summed E-state index contributed by atoms with van der Waals surface area (Å²) in [6.45, 7) is 9.74. The van der Waals surface area contributed by atoms with E-state index in [1.54, 1.807) is 0 Å². The van der Waals surface area contributed by atoms with Gasteiger partial charge in [-0.15, -0.1) is 0 Å². The number of nitrogens with one attached hydrogen (secondary N) is 1. The highest BCUT2D eigenvalue weighted by Crippen LogP contribution is 2.20. The lowest BCUT2D eigenvalue weighted by Gasteiger charge is -2.10. The molecule has 0 aliphatic rings. The monoisotopic (exact) mass is 298 g/mol. The first-order chi connectivity index (χ1) is 10.5. The molecule has 22 heavy (non-hydrogen) atoms. The van der Waals surface area contributed by atoms with Gasteiger partial charge in [-0.3, -0.25) is 4.79 Å². The second-order valence-corrected chi connectivity index (χ2v) is 6.24. The molecule has 3 nitrogen and oxygen atoms in total. The molecule has 1 N–H and O–H groups in total. The van der Waals surface area contributed by atoms with Crippen LogP contribution in [0.5, 0.6) is 0 Å². The zero-order chi connectivity index (χ0) is 16.1. The number of carbonyl (C=O) groups excluding carboxylic acids is 1. The van der Waals surface area contributed by atoms with Crippen LogP contribution in [0.25, 0.3) is 5.69 Å². The van der Waals surface area contributed by atoms with E-state index in [1.807, 2.05) is 38.1 Å². The number of rotatable bonds is 7. The van der Waals surface area contributed by atoms with Gasteiger partial charge in [-0.05, 0) is 50.9 Å². The number of para-hydroxylation sites is 1. The lowest BCUT2D eigenvalue weighted by molar-refractivity contribution is 0.0990. The maximum Gasteiger partial charge on any atom is 0.178 e. The molecule has 118 valence electrons. The van der Waals surface area contributed by atoms with Crippen molar-refractivity contribution in [3.05, 3.63) is 53.3 Å². The number of ketones is 1. The predicted octanol–water partition coefficient (Wildman–Crippen LogP) is 3.91. The van der Waals surface area contributed by atoms with Crippen molar-refractivity contribution in [3.8, 4) is 5.69 Å². The normalized spacial score (nSPS) is 11.1. The maximum absolute atomic E-state index is 12.4. The maximum atomic E-state index is 12.4. The van der Waals surface area contributed by atoms with E-state index in [2.05, 4.69) is 35.9 Å². The Hall–Kier alpha value is -1.87. The number of carbonyl (C=O) groups is 1. The summed E-state index contributed by atoms with van der Waals surface area (Å²) in [6.07, 6.45) is 1.09. The highest BCUT2D eigenvalue weighted by Gasteiger charge is 2.16. The average Bonchev–Trinajstić information content (AvgIpc) is 2.79. The molecule has 2 aromatic rings. The molecule has 1 heterocycles. The van der Waals surface area contributed by atoms with Crippen molar-refractivity contribution < 1.29 is 4.79 Å². The zero-order valence-corrected chi connectivity index (χ0v) is 14.0. The summed E-state index contributed by atoms with van der Waals surface area (Å²) in [4.78, 5) is 12.4. The number of aryl methyl sites for hydroxylation is 1. The summed E-state index contributed by atoms with van der Waals surface area (Å²) in [6, 6.07) is 12.2. The lowest BCUT2D eigenvalue weighted by Crippen LogP contribution is -2.25. The zero-order valence-electron chi connectivity index (χ0n) is 14.0. The van der Waals surface area contributed by atoms with E-state index in [-0.39, 0.29) is 5.78 Å². The van der Waals surface area contributed by atoms with Crippen LogP contribution in [-0.4, -0.2) is 23.4 Å². The quantitative estimate of drug-likeness (QED) is 0.621. The molecule has 0 atom stereocenters. The fraction of sp³-hybridized carbons (Fsp3) is 0.421. The molecule has 1 aromatic carbocycles. The summed E-state index contributed by atoms with van der Waals surface area (Å²) < 4.78 is 2.14. The minimum Gasteiger partial charge on any atom is -0.318 e. The third-order valence-electron chi connectivity index (χ3n) is 3.93. The van der Waals surface area contributed by atoms with Gasteiger partial charge in [0.05, 0.1) is 6.54 Å². The topological polar surface area (TPSA) is 34.0 Å². The van der Waals surface area contributed by atoms with E-state index in [1.165, 1.54) is 0 Å². The summed E-state index contributed by atoms with van der Waals surface area (Å²) in [5.74, 6) is 0.824. The molecule has 0 bridgehead atoms. The van der Waals surface area contributed by atoms with Gasteiger partial charge in [0.1, 0.15) is 0 Å². The molecule has 0 saturated heterocycles. The van der Waals surface area contributed by atoms with E-state index in [0.29, 0.717) is 12.5 Å². The van der Waals surface area contributed by atoms with Crippen molar-refractivity contribution in [2.75, 3.05) is 13.1 Å². The van der Waals surface area contributed by atoms with E-state index < -0.39 is 0 Å². The number of hydrogen-bond donors (Lipinski definition) is 1. The van der Waals surface area contributed by atoms with Crippen LogP contribution in [0.4, 0.5) is 0 Å². The van der Waals surface area contributed by atoms with Crippen LogP contribution in [0.2, 0.25) is 0 Å². The molecule has 0 aliphatic carbocycles. The average molecular weight is 298 g/mol. The number of hydrogen-bond acceptors (Lipinski definition) is 2. The van der Waals surface area contributed by atoms with Gasteiger partial charge < -0.3 is 9.88 Å². The van der Waals surface area contributed by atoms with Gasteiger partial charge in [-0.2, -0.15) is 0 Å². The highest BCUT2D eigenvalue weighted by atomic mass is 16.1. The summed E-state index contributed by atoms with van der Waals surface area (Å²) in [5, 5.41) is 3.25.